The second-order valence-electron chi connectivity index (χ2n) is 4.40. The highest BCUT2D eigenvalue weighted by atomic mass is 32.1. The Labute approximate surface area is 117 Å². The highest BCUT2D eigenvalue weighted by Crippen LogP contribution is 2.24. The van der Waals surface area contributed by atoms with E-state index in [9.17, 15) is 4.79 Å². The van der Waals surface area contributed by atoms with Crippen LogP contribution in [0.15, 0.2) is 0 Å². The molecule has 108 valence electrons. The number of hydrogen-bond acceptors (Lipinski definition) is 6. The minimum atomic E-state index is -0.204. The van der Waals surface area contributed by atoms with Gasteiger partial charge in [-0.2, -0.15) is 0 Å². The number of nitrogen functional groups attached to an aromatic ring is 1. The van der Waals surface area contributed by atoms with Crippen molar-refractivity contribution in [2.45, 2.75) is 39.2 Å². The Balaban J connectivity index is 2.58. The van der Waals surface area contributed by atoms with E-state index in [4.69, 9.17) is 10.8 Å². The van der Waals surface area contributed by atoms with E-state index in [0.717, 1.165) is 19.4 Å². The zero-order chi connectivity index (χ0) is 14.3. The first kappa shape index (κ1) is 15.7. The van der Waals surface area contributed by atoms with E-state index in [1.165, 1.54) is 11.3 Å². The molecule has 1 atom stereocenters. The maximum atomic E-state index is 12.0. The Morgan fingerprint density at radius 1 is 1.58 bits per heavy atom. The molecule has 5 N–H and O–H groups in total. The topological polar surface area (TPSA) is 100 Å². The second kappa shape index (κ2) is 7.96. The molecule has 0 aliphatic carbocycles. The number of aromatic nitrogens is 1. The zero-order valence-corrected chi connectivity index (χ0v) is 12.2. The lowest BCUT2D eigenvalue weighted by atomic mass is 10.2. The highest BCUT2D eigenvalue weighted by Gasteiger charge is 2.17. The molecule has 0 aliphatic rings. The number of nitrogens with two attached hydrogens (primary N) is 1. The van der Waals surface area contributed by atoms with Crippen LogP contribution in [0.2, 0.25) is 0 Å². The van der Waals surface area contributed by atoms with Crippen LogP contribution in [0.4, 0.5) is 10.9 Å². The molecule has 1 rings (SSSR count). The summed E-state index contributed by atoms with van der Waals surface area (Å²) in [4.78, 5) is 16.6. The molecular formula is C12H22N4O2S. The number of aliphatic hydroxyl groups excluding tert-OH is 1. The molecule has 0 radical (unpaired) electrons. The fraction of sp³-hybridized carbons (Fsp3) is 0.667. The molecule has 0 bridgehead atoms. The molecule has 1 unspecified atom stereocenters. The van der Waals surface area contributed by atoms with Gasteiger partial charge in [0.2, 0.25) is 0 Å². The minimum Gasteiger partial charge on any atom is -0.396 e. The first-order chi connectivity index (χ1) is 9.08. The molecule has 7 heteroatoms. The van der Waals surface area contributed by atoms with Crippen LogP contribution in [-0.2, 0) is 0 Å². The molecule has 1 aromatic rings. The van der Waals surface area contributed by atoms with Gasteiger partial charge in [-0.15, -0.1) is 0 Å². The predicted octanol–water partition coefficient (Wildman–Crippen LogP) is 1.44. The van der Waals surface area contributed by atoms with E-state index in [0.29, 0.717) is 16.4 Å². The quantitative estimate of drug-likeness (QED) is 0.579. The second-order valence-corrected chi connectivity index (χ2v) is 5.40. The lowest BCUT2D eigenvalue weighted by Gasteiger charge is -2.12. The van der Waals surface area contributed by atoms with E-state index in [1.54, 1.807) is 0 Å². The summed E-state index contributed by atoms with van der Waals surface area (Å²) < 4.78 is 0. The Bertz CT molecular complexity index is 408. The minimum absolute atomic E-state index is 0.00759. The standard InChI is InChI=1S/C12H22N4O2S/c1-3-6-14-12-16-10(13)9(19-12)11(18)15-8(2)5-4-7-17/h8,17H,3-7,13H2,1-2H3,(H,14,16)(H,15,18). The maximum absolute atomic E-state index is 12.0. The Morgan fingerprint density at radius 2 is 2.32 bits per heavy atom. The molecule has 19 heavy (non-hydrogen) atoms. The molecule has 0 saturated carbocycles. The van der Waals surface area contributed by atoms with Crippen LogP contribution < -0.4 is 16.4 Å². The third-order valence-corrected chi connectivity index (χ3v) is 3.59. The average molecular weight is 286 g/mol. The molecule has 1 heterocycles. The number of aliphatic hydroxyl groups is 1. The summed E-state index contributed by atoms with van der Waals surface area (Å²) in [5, 5.41) is 15.4. The Hall–Kier alpha value is -1.34. The van der Waals surface area contributed by atoms with Gasteiger partial charge in [-0.25, -0.2) is 4.98 Å². The van der Waals surface area contributed by atoms with Crippen LogP contribution in [0.3, 0.4) is 0 Å². The van der Waals surface area contributed by atoms with Crippen molar-refractivity contribution in [3.05, 3.63) is 4.88 Å². The largest absolute Gasteiger partial charge is 0.396 e. The van der Waals surface area contributed by atoms with Gasteiger partial charge in [0.15, 0.2) is 5.13 Å². The lowest BCUT2D eigenvalue weighted by Crippen LogP contribution is -2.32. The summed E-state index contributed by atoms with van der Waals surface area (Å²) in [6.45, 7) is 4.90. The number of carbonyl (C=O) groups is 1. The number of thiazole rings is 1. The first-order valence-corrected chi connectivity index (χ1v) is 7.32. The van der Waals surface area contributed by atoms with Gasteiger partial charge in [0, 0.05) is 19.2 Å². The SMILES string of the molecule is CCCNc1nc(N)c(C(=O)NC(C)CCCO)s1. The summed E-state index contributed by atoms with van der Waals surface area (Å²) in [6, 6.07) is 0.00759. The number of nitrogens with zero attached hydrogens (tertiary/aromatic N) is 1. The van der Waals surface area contributed by atoms with Crippen molar-refractivity contribution in [2.24, 2.45) is 0 Å². The van der Waals surface area contributed by atoms with E-state index in [1.807, 2.05) is 6.92 Å². The van der Waals surface area contributed by atoms with Crippen molar-refractivity contribution in [2.75, 3.05) is 24.2 Å². The number of hydrogen-bond donors (Lipinski definition) is 4. The Kier molecular flexibility index (Phi) is 6.58. The van der Waals surface area contributed by atoms with Crippen molar-refractivity contribution in [1.29, 1.82) is 0 Å². The van der Waals surface area contributed by atoms with Crippen LogP contribution in [0, 0.1) is 0 Å². The maximum Gasteiger partial charge on any atom is 0.265 e. The third kappa shape index (κ3) is 5.04. The van der Waals surface area contributed by atoms with E-state index >= 15 is 0 Å². The summed E-state index contributed by atoms with van der Waals surface area (Å²) in [5.41, 5.74) is 5.75. The monoisotopic (exact) mass is 286 g/mol. The van der Waals surface area contributed by atoms with Crippen molar-refractivity contribution in [3.63, 3.8) is 0 Å². The molecule has 0 aliphatic heterocycles. The molecular weight excluding hydrogens is 264 g/mol. The van der Waals surface area contributed by atoms with Gasteiger partial charge < -0.3 is 21.5 Å². The van der Waals surface area contributed by atoms with E-state index < -0.39 is 0 Å². The van der Waals surface area contributed by atoms with Crippen molar-refractivity contribution in [1.82, 2.24) is 10.3 Å². The van der Waals surface area contributed by atoms with Crippen molar-refractivity contribution >= 4 is 28.2 Å². The van der Waals surface area contributed by atoms with Crippen LogP contribution >= 0.6 is 11.3 Å². The fourth-order valence-electron chi connectivity index (χ4n) is 1.56. The summed E-state index contributed by atoms with van der Waals surface area (Å²) in [7, 11) is 0. The van der Waals surface area contributed by atoms with Gasteiger partial charge in [0.05, 0.1) is 0 Å². The third-order valence-electron chi connectivity index (χ3n) is 2.56. The van der Waals surface area contributed by atoms with Gasteiger partial charge in [-0.05, 0) is 26.2 Å². The fourth-order valence-corrected chi connectivity index (χ4v) is 2.37. The highest BCUT2D eigenvalue weighted by molar-refractivity contribution is 7.18. The normalized spacial score (nSPS) is 12.2. The van der Waals surface area contributed by atoms with Crippen molar-refractivity contribution < 1.29 is 9.90 Å². The van der Waals surface area contributed by atoms with E-state index in [2.05, 4.69) is 22.5 Å². The molecule has 0 spiro atoms. The van der Waals surface area contributed by atoms with Crippen LogP contribution in [0.5, 0.6) is 0 Å². The van der Waals surface area contributed by atoms with Crippen LogP contribution in [0.1, 0.15) is 42.8 Å². The number of carbonyl (C=O) groups excluding carboxylic acids is 1. The lowest BCUT2D eigenvalue weighted by molar-refractivity contribution is 0.0941. The number of amides is 1. The molecule has 1 amide bonds. The summed E-state index contributed by atoms with van der Waals surface area (Å²) >= 11 is 1.26. The smallest absolute Gasteiger partial charge is 0.265 e. The average Bonchev–Trinajstić information content (AvgIpc) is 2.75. The van der Waals surface area contributed by atoms with Gasteiger partial charge in [0.25, 0.3) is 5.91 Å². The number of rotatable bonds is 8. The molecule has 0 saturated heterocycles. The van der Waals surface area contributed by atoms with E-state index in [-0.39, 0.29) is 24.4 Å². The molecule has 1 aromatic heterocycles. The van der Waals surface area contributed by atoms with Crippen molar-refractivity contribution in [3.8, 4) is 0 Å². The zero-order valence-electron chi connectivity index (χ0n) is 11.4. The molecule has 0 fully saturated rings. The number of anilines is 2. The summed E-state index contributed by atoms with van der Waals surface area (Å²) in [5.74, 6) is 0.0560. The molecule has 6 nitrogen and oxygen atoms in total. The van der Waals surface area contributed by atoms with Gasteiger partial charge in [-0.1, -0.05) is 18.3 Å². The Morgan fingerprint density at radius 3 is 2.95 bits per heavy atom. The van der Waals surface area contributed by atoms with Gasteiger partial charge in [0.1, 0.15) is 10.7 Å². The predicted molar refractivity (Wildman–Crippen MR) is 78.6 cm³/mol. The van der Waals surface area contributed by atoms with Gasteiger partial charge in [-0.3, -0.25) is 4.79 Å². The summed E-state index contributed by atoms with van der Waals surface area (Å²) in [6.07, 6.45) is 2.39. The number of nitrogens with one attached hydrogen (secondary N) is 2. The van der Waals surface area contributed by atoms with Gasteiger partial charge >= 0.3 is 0 Å². The molecule has 0 aromatic carbocycles. The van der Waals surface area contributed by atoms with Crippen LogP contribution in [-0.4, -0.2) is 35.2 Å². The first-order valence-electron chi connectivity index (χ1n) is 6.50. The van der Waals surface area contributed by atoms with Crippen LogP contribution in [0.25, 0.3) is 0 Å².